The normalized spacial score (nSPS) is 12.7. The number of carbonyl (C=O) groups is 1. The zero-order valence-corrected chi connectivity index (χ0v) is 10.7. The number of aliphatic hydroxyl groups excluding tert-OH is 1. The molecule has 0 spiro atoms. The highest BCUT2D eigenvalue weighted by Crippen LogP contribution is 2.21. The minimum atomic E-state index is -2.47. The van der Waals surface area contributed by atoms with Gasteiger partial charge in [-0.1, -0.05) is 18.7 Å². The van der Waals surface area contributed by atoms with E-state index in [2.05, 4.69) is 5.32 Å². The molecule has 18 heavy (non-hydrogen) atoms. The van der Waals surface area contributed by atoms with Crippen LogP contribution in [0.3, 0.4) is 0 Å². The van der Waals surface area contributed by atoms with Gasteiger partial charge in [0, 0.05) is 0 Å². The third kappa shape index (κ3) is 4.66. The molecule has 0 fully saturated rings. The SMILES string of the molecule is CC[C@@H](CO)NC(=O)c1ccc(CSC(F)F)o1. The van der Waals surface area contributed by atoms with Crippen LogP contribution in [-0.4, -0.2) is 29.4 Å². The zero-order valence-electron chi connectivity index (χ0n) is 9.86. The summed E-state index contributed by atoms with van der Waals surface area (Å²) in [5.74, 6) is -2.52. The zero-order chi connectivity index (χ0) is 13.5. The number of hydrogen-bond acceptors (Lipinski definition) is 4. The second-order valence-corrected chi connectivity index (χ2v) is 4.58. The number of aliphatic hydroxyl groups is 1. The van der Waals surface area contributed by atoms with Gasteiger partial charge in [-0.05, 0) is 18.6 Å². The van der Waals surface area contributed by atoms with E-state index in [4.69, 9.17) is 9.52 Å². The van der Waals surface area contributed by atoms with Crippen molar-refractivity contribution in [2.75, 3.05) is 6.61 Å². The van der Waals surface area contributed by atoms with Crippen LogP contribution in [0, 0.1) is 0 Å². The van der Waals surface area contributed by atoms with E-state index in [0.717, 1.165) is 0 Å². The fourth-order valence-electron chi connectivity index (χ4n) is 1.26. The molecule has 2 N–H and O–H groups in total. The van der Waals surface area contributed by atoms with Crippen molar-refractivity contribution in [1.29, 1.82) is 0 Å². The minimum Gasteiger partial charge on any atom is -0.455 e. The van der Waals surface area contributed by atoms with Crippen molar-refractivity contribution < 1.29 is 23.1 Å². The summed E-state index contributed by atoms with van der Waals surface area (Å²) in [6.45, 7) is 1.67. The quantitative estimate of drug-likeness (QED) is 0.803. The number of alkyl halides is 2. The van der Waals surface area contributed by atoms with Crippen LogP contribution in [0.5, 0.6) is 0 Å². The molecule has 1 rings (SSSR count). The van der Waals surface area contributed by atoms with Crippen molar-refractivity contribution in [3.8, 4) is 0 Å². The van der Waals surface area contributed by atoms with E-state index in [-0.39, 0.29) is 24.2 Å². The summed E-state index contributed by atoms with van der Waals surface area (Å²) < 4.78 is 29.1. The molecule has 0 bridgehead atoms. The van der Waals surface area contributed by atoms with Crippen molar-refractivity contribution in [3.63, 3.8) is 0 Å². The van der Waals surface area contributed by atoms with Gasteiger partial charge < -0.3 is 14.8 Å². The highest BCUT2D eigenvalue weighted by Gasteiger charge is 2.15. The van der Waals surface area contributed by atoms with Gasteiger partial charge in [0.25, 0.3) is 11.7 Å². The number of rotatable bonds is 7. The molecule has 1 aromatic heterocycles. The Morgan fingerprint density at radius 3 is 2.83 bits per heavy atom. The Morgan fingerprint density at radius 1 is 1.56 bits per heavy atom. The molecule has 0 unspecified atom stereocenters. The Bertz CT molecular complexity index is 380. The first-order chi connectivity index (χ1) is 8.56. The van der Waals surface area contributed by atoms with Crippen molar-refractivity contribution in [3.05, 3.63) is 23.7 Å². The average molecular weight is 279 g/mol. The molecule has 0 aromatic carbocycles. The second-order valence-electron chi connectivity index (χ2n) is 3.60. The smallest absolute Gasteiger partial charge is 0.287 e. The molecule has 0 saturated carbocycles. The predicted molar refractivity (Wildman–Crippen MR) is 64.6 cm³/mol. The van der Waals surface area contributed by atoms with Crippen molar-refractivity contribution >= 4 is 17.7 Å². The Balaban J connectivity index is 2.53. The summed E-state index contributed by atoms with van der Waals surface area (Å²) in [6, 6.07) is 2.59. The molecule has 0 radical (unpaired) electrons. The molecule has 1 atom stereocenters. The lowest BCUT2D eigenvalue weighted by Gasteiger charge is -2.12. The maximum Gasteiger partial charge on any atom is 0.287 e. The van der Waals surface area contributed by atoms with Gasteiger partial charge in [-0.2, -0.15) is 8.78 Å². The predicted octanol–water partition coefficient (Wildman–Crippen LogP) is 2.24. The van der Waals surface area contributed by atoms with E-state index in [1.165, 1.54) is 12.1 Å². The Labute approximate surface area is 108 Å². The van der Waals surface area contributed by atoms with Crippen LogP contribution in [0.15, 0.2) is 16.5 Å². The molecule has 7 heteroatoms. The van der Waals surface area contributed by atoms with Gasteiger partial charge in [0.15, 0.2) is 5.76 Å². The van der Waals surface area contributed by atoms with Gasteiger partial charge in [-0.15, -0.1) is 0 Å². The standard InChI is InChI=1S/C11H15F2NO3S/c1-2-7(5-15)14-10(16)9-4-3-8(17-9)6-18-11(12)13/h3-4,7,11,15H,2,5-6H2,1H3,(H,14,16)/t7-/m0/s1. The van der Waals surface area contributed by atoms with Crippen molar-refractivity contribution in [2.45, 2.75) is 30.9 Å². The molecule has 0 aliphatic carbocycles. The van der Waals surface area contributed by atoms with Gasteiger partial charge in [-0.3, -0.25) is 4.79 Å². The van der Waals surface area contributed by atoms with Crippen LogP contribution in [0.25, 0.3) is 0 Å². The maximum absolute atomic E-state index is 12.0. The number of nitrogens with one attached hydrogen (secondary N) is 1. The van der Waals surface area contributed by atoms with Crippen molar-refractivity contribution in [1.82, 2.24) is 5.32 Å². The molecule has 0 saturated heterocycles. The minimum absolute atomic E-state index is 0.0160. The Morgan fingerprint density at radius 2 is 2.28 bits per heavy atom. The lowest BCUT2D eigenvalue weighted by Crippen LogP contribution is -2.36. The number of amides is 1. The lowest BCUT2D eigenvalue weighted by molar-refractivity contribution is 0.0885. The monoisotopic (exact) mass is 279 g/mol. The van der Waals surface area contributed by atoms with E-state index in [1.54, 1.807) is 0 Å². The van der Waals surface area contributed by atoms with Gasteiger partial charge in [-0.25, -0.2) is 0 Å². The third-order valence-electron chi connectivity index (χ3n) is 2.29. The first-order valence-electron chi connectivity index (χ1n) is 5.47. The topological polar surface area (TPSA) is 62.5 Å². The highest BCUT2D eigenvalue weighted by molar-refractivity contribution is 7.98. The van der Waals surface area contributed by atoms with E-state index in [1.807, 2.05) is 6.92 Å². The number of furan rings is 1. The molecular weight excluding hydrogens is 264 g/mol. The average Bonchev–Trinajstić information content (AvgIpc) is 2.82. The molecule has 0 aliphatic rings. The lowest BCUT2D eigenvalue weighted by atomic mass is 10.2. The van der Waals surface area contributed by atoms with Crippen LogP contribution >= 0.6 is 11.8 Å². The molecule has 1 heterocycles. The largest absolute Gasteiger partial charge is 0.455 e. The van der Waals surface area contributed by atoms with Crippen LogP contribution in [-0.2, 0) is 5.75 Å². The first-order valence-corrected chi connectivity index (χ1v) is 6.51. The molecule has 4 nitrogen and oxygen atoms in total. The van der Waals surface area contributed by atoms with Crippen LogP contribution in [0.2, 0.25) is 0 Å². The molecular formula is C11H15F2NO3S. The first kappa shape index (κ1) is 15.0. The number of hydrogen-bond donors (Lipinski definition) is 2. The van der Waals surface area contributed by atoms with Crippen LogP contribution < -0.4 is 5.32 Å². The molecule has 0 aliphatic heterocycles. The number of thioether (sulfide) groups is 1. The van der Waals surface area contributed by atoms with Crippen LogP contribution in [0.4, 0.5) is 8.78 Å². The molecule has 1 amide bonds. The highest BCUT2D eigenvalue weighted by atomic mass is 32.2. The fourth-order valence-corrected chi connectivity index (χ4v) is 1.70. The van der Waals surface area contributed by atoms with E-state index in [9.17, 15) is 13.6 Å². The van der Waals surface area contributed by atoms with Crippen LogP contribution in [0.1, 0.15) is 29.7 Å². The number of carbonyl (C=O) groups excluding carboxylic acids is 1. The van der Waals surface area contributed by atoms with Gasteiger partial charge >= 0.3 is 0 Å². The summed E-state index contributed by atoms with van der Waals surface area (Å²) in [4.78, 5) is 11.7. The van der Waals surface area contributed by atoms with E-state index < -0.39 is 11.7 Å². The van der Waals surface area contributed by atoms with Gasteiger partial charge in [0.2, 0.25) is 0 Å². The van der Waals surface area contributed by atoms with Gasteiger partial charge in [0.05, 0.1) is 18.4 Å². The molecule has 1 aromatic rings. The summed E-state index contributed by atoms with van der Waals surface area (Å²) in [6.07, 6.45) is 0.594. The molecule has 102 valence electrons. The summed E-state index contributed by atoms with van der Waals surface area (Å²) >= 11 is 0.434. The van der Waals surface area contributed by atoms with E-state index in [0.29, 0.717) is 23.9 Å². The fraction of sp³-hybridized carbons (Fsp3) is 0.545. The Kier molecular flexibility index (Phi) is 6.14. The Hall–Kier alpha value is -1.08. The number of halogens is 2. The summed E-state index contributed by atoms with van der Waals surface area (Å²) in [5.41, 5.74) is 0. The second kappa shape index (κ2) is 7.38. The summed E-state index contributed by atoms with van der Waals surface area (Å²) in [7, 11) is 0. The third-order valence-corrected chi connectivity index (χ3v) is 2.99. The van der Waals surface area contributed by atoms with Gasteiger partial charge in [0.1, 0.15) is 5.76 Å². The van der Waals surface area contributed by atoms with E-state index >= 15 is 0 Å². The summed E-state index contributed by atoms with van der Waals surface area (Å²) in [5, 5.41) is 11.5. The maximum atomic E-state index is 12.0. The van der Waals surface area contributed by atoms with Crippen molar-refractivity contribution in [2.24, 2.45) is 0 Å².